The molecule has 3 rings (SSSR count). The van der Waals surface area contributed by atoms with Gasteiger partial charge in [-0.3, -0.25) is 5.10 Å². The third kappa shape index (κ3) is 1.99. The molecule has 2 heterocycles. The Labute approximate surface area is 109 Å². The summed E-state index contributed by atoms with van der Waals surface area (Å²) in [6.07, 6.45) is 0. The standard InChI is InChI=1S/C13H14FN3O2/c1-13(2,14)8-4-11-10(18-6-19-11)3-7(8)9-5-12(15)17-16-9/h3-5H,6H2,1-2H3,(H3,15,16,17). The third-order valence-corrected chi connectivity index (χ3v) is 3.04. The number of nitrogens with zero attached hydrogens (tertiary/aromatic N) is 1. The molecule has 0 aliphatic carbocycles. The van der Waals surface area contributed by atoms with Crippen molar-refractivity contribution >= 4 is 5.82 Å². The van der Waals surface area contributed by atoms with Crippen molar-refractivity contribution in [3.05, 3.63) is 23.8 Å². The van der Waals surface area contributed by atoms with E-state index in [4.69, 9.17) is 15.2 Å². The summed E-state index contributed by atoms with van der Waals surface area (Å²) in [6, 6.07) is 5.06. The number of nitrogens with one attached hydrogen (secondary N) is 1. The van der Waals surface area contributed by atoms with Gasteiger partial charge in [-0.15, -0.1) is 0 Å². The van der Waals surface area contributed by atoms with Gasteiger partial charge in [-0.05, 0) is 26.0 Å². The Hall–Kier alpha value is -2.24. The minimum atomic E-state index is -1.52. The van der Waals surface area contributed by atoms with Crippen molar-refractivity contribution in [2.45, 2.75) is 19.5 Å². The van der Waals surface area contributed by atoms with Gasteiger partial charge in [-0.2, -0.15) is 5.10 Å². The number of hydrogen-bond acceptors (Lipinski definition) is 4. The Morgan fingerprint density at radius 2 is 1.95 bits per heavy atom. The van der Waals surface area contributed by atoms with Crippen molar-refractivity contribution in [1.82, 2.24) is 10.2 Å². The molecule has 0 fully saturated rings. The fourth-order valence-electron chi connectivity index (χ4n) is 2.13. The van der Waals surface area contributed by atoms with E-state index in [0.29, 0.717) is 34.1 Å². The molecule has 100 valence electrons. The van der Waals surface area contributed by atoms with Crippen LogP contribution in [0.1, 0.15) is 19.4 Å². The van der Waals surface area contributed by atoms with Crippen molar-refractivity contribution in [1.29, 1.82) is 0 Å². The monoisotopic (exact) mass is 263 g/mol. The smallest absolute Gasteiger partial charge is 0.231 e. The zero-order chi connectivity index (χ0) is 13.6. The predicted octanol–water partition coefficient (Wildman–Crippen LogP) is 2.59. The lowest BCUT2D eigenvalue weighted by Crippen LogP contribution is -2.11. The topological polar surface area (TPSA) is 73.2 Å². The van der Waals surface area contributed by atoms with Crippen LogP contribution in [0, 0.1) is 0 Å². The maximum Gasteiger partial charge on any atom is 0.231 e. The first-order valence-corrected chi connectivity index (χ1v) is 5.89. The average molecular weight is 263 g/mol. The quantitative estimate of drug-likeness (QED) is 0.873. The maximum atomic E-state index is 14.4. The second kappa shape index (κ2) is 3.88. The molecule has 3 N–H and O–H groups in total. The number of anilines is 1. The van der Waals surface area contributed by atoms with Crippen molar-refractivity contribution in [2.75, 3.05) is 12.5 Å². The molecule has 0 amide bonds. The zero-order valence-corrected chi connectivity index (χ0v) is 10.7. The third-order valence-electron chi connectivity index (χ3n) is 3.04. The van der Waals surface area contributed by atoms with Gasteiger partial charge in [-0.25, -0.2) is 4.39 Å². The summed E-state index contributed by atoms with van der Waals surface area (Å²) < 4.78 is 25.0. The summed E-state index contributed by atoms with van der Waals surface area (Å²) in [6.45, 7) is 3.14. The highest BCUT2D eigenvalue weighted by molar-refractivity contribution is 5.71. The molecule has 0 saturated carbocycles. The highest BCUT2D eigenvalue weighted by Gasteiger charge is 2.28. The van der Waals surface area contributed by atoms with Crippen LogP contribution >= 0.6 is 0 Å². The van der Waals surface area contributed by atoms with E-state index in [1.165, 1.54) is 13.8 Å². The summed E-state index contributed by atoms with van der Waals surface area (Å²) in [5.74, 6) is 1.50. The number of rotatable bonds is 2. The van der Waals surface area contributed by atoms with Crippen LogP contribution in [0.4, 0.5) is 10.2 Å². The number of ether oxygens (including phenoxy) is 2. The highest BCUT2D eigenvalue weighted by Crippen LogP contribution is 2.43. The molecular weight excluding hydrogens is 249 g/mol. The molecule has 5 nitrogen and oxygen atoms in total. The van der Waals surface area contributed by atoms with Gasteiger partial charge < -0.3 is 15.2 Å². The molecule has 1 aliphatic heterocycles. The van der Waals surface area contributed by atoms with Gasteiger partial charge in [0.1, 0.15) is 11.5 Å². The van der Waals surface area contributed by atoms with Gasteiger partial charge in [0.15, 0.2) is 11.5 Å². The molecule has 1 aromatic carbocycles. The second-order valence-electron chi connectivity index (χ2n) is 4.93. The van der Waals surface area contributed by atoms with Gasteiger partial charge in [0.05, 0.1) is 5.69 Å². The van der Waals surface area contributed by atoms with Gasteiger partial charge in [0, 0.05) is 17.2 Å². The average Bonchev–Trinajstić information content (AvgIpc) is 2.93. The fourth-order valence-corrected chi connectivity index (χ4v) is 2.13. The lowest BCUT2D eigenvalue weighted by Gasteiger charge is -2.19. The normalized spacial score (nSPS) is 13.8. The number of fused-ring (bicyclic) bond motifs is 1. The summed E-state index contributed by atoms with van der Waals surface area (Å²) in [7, 11) is 0. The number of nitrogen functional groups attached to an aromatic ring is 1. The van der Waals surface area contributed by atoms with E-state index in [0.717, 1.165) is 0 Å². The van der Waals surface area contributed by atoms with Crippen LogP contribution in [0.25, 0.3) is 11.3 Å². The number of H-pyrrole nitrogens is 1. The van der Waals surface area contributed by atoms with Crippen LogP contribution in [0.3, 0.4) is 0 Å². The largest absolute Gasteiger partial charge is 0.454 e. The molecule has 0 bridgehead atoms. The first-order valence-electron chi connectivity index (χ1n) is 5.89. The molecule has 2 aromatic rings. The summed E-state index contributed by atoms with van der Waals surface area (Å²) in [5, 5.41) is 6.66. The molecule has 0 unspecified atom stereocenters. The summed E-state index contributed by atoms with van der Waals surface area (Å²) >= 11 is 0. The predicted molar refractivity (Wildman–Crippen MR) is 68.7 cm³/mol. The van der Waals surface area contributed by atoms with Crippen LogP contribution in [-0.2, 0) is 5.67 Å². The molecule has 19 heavy (non-hydrogen) atoms. The first kappa shape index (κ1) is 11.8. The van der Waals surface area contributed by atoms with E-state index in [1.807, 2.05) is 0 Å². The SMILES string of the molecule is CC(C)(F)c1cc2c(cc1-c1cc(N)n[nH]1)OCO2. The number of alkyl halides is 1. The summed E-state index contributed by atoms with van der Waals surface area (Å²) in [4.78, 5) is 0. The molecule has 0 saturated heterocycles. The Bertz CT molecular complexity index is 631. The molecule has 1 aliphatic rings. The molecule has 6 heteroatoms. The Balaban J connectivity index is 2.22. The van der Waals surface area contributed by atoms with Crippen LogP contribution in [0.15, 0.2) is 18.2 Å². The number of aromatic amines is 1. The van der Waals surface area contributed by atoms with E-state index in [2.05, 4.69) is 10.2 Å². The molecule has 0 atom stereocenters. The molecule has 0 radical (unpaired) electrons. The van der Waals surface area contributed by atoms with Gasteiger partial charge >= 0.3 is 0 Å². The number of nitrogens with two attached hydrogens (primary N) is 1. The van der Waals surface area contributed by atoms with E-state index in [-0.39, 0.29) is 6.79 Å². The molecular formula is C13H14FN3O2. The Morgan fingerprint density at radius 1 is 1.26 bits per heavy atom. The first-order chi connectivity index (χ1) is 8.95. The van der Waals surface area contributed by atoms with Crippen molar-refractivity contribution < 1.29 is 13.9 Å². The van der Waals surface area contributed by atoms with Crippen molar-refractivity contribution in [3.8, 4) is 22.8 Å². The molecule has 0 spiro atoms. The van der Waals surface area contributed by atoms with E-state index in [9.17, 15) is 4.39 Å². The van der Waals surface area contributed by atoms with Crippen LogP contribution in [0.5, 0.6) is 11.5 Å². The van der Waals surface area contributed by atoms with Gasteiger partial charge in [0.2, 0.25) is 6.79 Å². The van der Waals surface area contributed by atoms with Gasteiger partial charge in [-0.1, -0.05) is 0 Å². The van der Waals surface area contributed by atoms with Crippen molar-refractivity contribution in [3.63, 3.8) is 0 Å². The number of benzene rings is 1. The summed E-state index contributed by atoms with van der Waals surface area (Å²) in [5.41, 5.74) is 5.90. The lowest BCUT2D eigenvalue weighted by atomic mass is 9.92. The zero-order valence-electron chi connectivity index (χ0n) is 10.7. The Kier molecular flexibility index (Phi) is 2.41. The Morgan fingerprint density at radius 3 is 2.53 bits per heavy atom. The van der Waals surface area contributed by atoms with Gasteiger partial charge in [0.25, 0.3) is 0 Å². The maximum absolute atomic E-state index is 14.4. The van der Waals surface area contributed by atoms with E-state index < -0.39 is 5.67 Å². The lowest BCUT2D eigenvalue weighted by molar-refractivity contribution is 0.173. The number of halogens is 1. The van der Waals surface area contributed by atoms with E-state index >= 15 is 0 Å². The van der Waals surface area contributed by atoms with Crippen LogP contribution in [-0.4, -0.2) is 17.0 Å². The van der Waals surface area contributed by atoms with Crippen LogP contribution in [0.2, 0.25) is 0 Å². The van der Waals surface area contributed by atoms with E-state index in [1.54, 1.807) is 18.2 Å². The van der Waals surface area contributed by atoms with Crippen molar-refractivity contribution in [2.24, 2.45) is 0 Å². The minimum absolute atomic E-state index is 0.149. The second-order valence-corrected chi connectivity index (χ2v) is 4.93. The fraction of sp³-hybridized carbons (Fsp3) is 0.308. The molecule has 1 aromatic heterocycles. The number of hydrogen-bond donors (Lipinski definition) is 2. The van der Waals surface area contributed by atoms with Crippen LogP contribution < -0.4 is 15.2 Å². The minimum Gasteiger partial charge on any atom is -0.454 e. The highest BCUT2D eigenvalue weighted by atomic mass is 19.1. The number of aromatic nitrogens is 2.